The Morgan fingerprint density at radius 2 is 1.81 bits per heavy atom. The van der Waals surface area contributed by atoms with Crippen molar-refractivity contribution in [3.63, 3.8) is 0 Å². The van der Waals surface area contributed by atoms with Gasteiger partial charge in [0.1, 0.15) is 29.6 Å². The second-order valence-corrected chi connectivity index (χ2v) is 7.22. The van der Waals surface area contributed by atoms with E-state index < -0.39 is 17.7 Å². The van der Waals surface area contributed by atoms with E-state index in [0.717, 1.165) is 0 Å². The van der Waals surface area contributed by atoms with E-state index in [0.29, 0.717) is 29.2 Å². The minimum absolute atomic E-state index is 0.0352. The van der Waals surface area contributed by atoms with Crippen LogP contribution in [-0.4, -0.2) is 33.4 Å². The molecule has 0 aliphatic carbocycles. The number of rotatable bonds is 7. The Balaban J connectivity index is 1.78. The number of carbonyl (C=O) groups is 2. The SMILES string of the molecule is C=CCOc1ccc(C(O)=C2C(=O)C(=O)N(Cc3ccco3)C2c2ccc(O)cc2)cc1. The Labute approximate surface area is 184 Å². The summed E-state index contributed by atoms with van der Waals surface area (Å²) in [6.45, 7) is 3.98. The van der Waals surface area contributed by atoms with Crippen molar-refractivity contribution in [2.75, 3.05) is 6.61 Å². The molecule has 1 atom stereocenters. The molecule has 2 aromatic carbocycles. The van der Waals surface area contributed by atoms with Crippen LogP contribution in [0, 0.1) is 0 Å². The Bertz CT molecular complexity index is 1160. The van der Waals surface area contributed by atoms with Crippen LogP contribution in [0.4, 0.5) is 0 Å². The summed E-state index contributed by atoms with van der Waals surface area (Å²) in [6.07, 6.45) is 3.10. The quantitative estimate of drug-likeness (QED) is 0.252. The number of aliphatic hydroxyl groups is 1. The maximum Gasteiger partial charge on any atom is 0.296 e. The second-order valence-electron chi connectivity index (χ2n) is 7.22. The van der Waals surface area contributed by atoms with Crippen molar-refractivity contribution < 1.29 is 29.0 Å². The first kappa shape index (κ1) is 21.0. The van der Waals surface area contributed by atoms with Gasteiger partial charge in [-0.2, -0.15) is 0 Å². The highest BCUT2D eigenvalue weighted by atomic mass is 16.5. The number of aromatic hydroxyl groups is 1. The third-order valence-electron chi connectivity index (χ3n) is 5.15. The van der Waals surface area contributed by atoms with Gasteiger partial charge in [0.2, 0.25) is 0 Å². The Hall–Kier alpha value is -4.26. The van der Waals surface area contributed by atoms with Crippen molar-refractivity contribution in [3.8, 4) is 11.5 Å². The Morgan fingerprint density at radius 3 is 2.44 bits per heavy atom. The summed E-state index contributed by atoms with van der Waals surface area (Å²) in [5.74, 6) is -0.703. The number of furan rings is 1. The second kappa shape index (κ2) is 8.85. The number of Topliss-reactive ketones (excluding diaryl/α,β-unsaturated/α-hetero) is 1. The molecule has 0 radical (unpaired) electrons. The molecule has 1 fully saturated rings. The number of nitrogens with zero attached hydrogens (tertiary/aromatic N) is 1. The first-order valence-electron chi connectivity index (χ1n) is 9.93. The number of ketones is 1. The van der Waals surface area contributed by atoms with Crippen molar-refractivity contribution in [1.29, 1.82) is 0 Å². The van der Waals surface area contributed by atoms with Crippen molar-refractivity contribution in [2.45, 2.75) is 12.6 Å². The minimum Gasteiger partial charge on any atom is -0.508 e. The van der Waals surface area contributed by atoms with Crippen LogP contribution in [0.2, 0.25) is 0 Å². The lowest BCUT2D eigenvalue weighted by Crippen LogP contribution is -2.29. The minimum atomic E-state index is -0.850. The number of amides is 1. The van der Waals surface area contributed by atoms with E-state index >= 15 is 0 Å². The molecule has 2 N–H and O–H groups in total. The molecule has 2 heterocycles. The molecule has 32 heavy (non-hydrogen) atoms. The highest BCUT2D eigenvalue weighted by Gasteiger charge is 2.46. The van der Waals surface area contributed by atoms with E-state index in [2.05, 4.69) is 6.58 Å². The molecule has 1 aliphatic heterocycles. The molecule has 1 unspecified atom stereocenters. The predicted octanol–water partition coefficient (Wildman–Crippen LogP) is 4.17. The molecule has 7 heteroatoms. The van der Waals surface area contributed by atoms with Gasteiger partial charge in [-0.25, -0.2) is 0 Å². The van der Waals surface area contributed by atoms with Gasteiger partial charge >= 0.3 is 0 Å². The highest BCUT2D eigenvalue weighted by Crippen LogP contribution is 2.40. The van der Waals surface area contributed by atoms with Crippen molar-refractivity contribution in [3.05, 3.63) is 102 Å². The van der Waals surface area contributed by atoms with E-state index in [4.69, 9.17) is 9.15 Å². The molecule has 1 aromatic heterocycles. The van der Waals surface area contributed by atoms with Gasteiger partial charge in [-0.15, -0.1) is 0 Å². The zero-order valence-electron chi connectivity index (χ0n) is 17.1. The molecule has 0 saturated carbocycles. The Morgan fingerprint density at radius 1 is 1.09 bits per heavy atom. The largest absolute Gasteiger partial charge is 0.508 e. The molecule has 4 rings (SSSR count). The van der Waals surface area contributed by atoms with Crippen molar-refractivity contribution >= 4 is 17.4 Å². The lowest BCUT2D eigenvalue weighted by atomic mass is 9.95. The number of carbonyl (C=O) groups excluding carboxylic acids is 2. The summed E-state index contributed by atoms with van der Waals surface area (Å²) in [4.78, 5) is 27.3. The number of ether oxygens (including phenoxy) is 1. The molecule has 0 bridgehead atoms. The summed E-state index contributed by atoms with van der Waals surface area (Å²) in [7, 11) is 0. The summed E-state index contributed by atoms with van der Waals surface area (Å²) in [6, 6.07) is 15.2. The fourth-order valence-electron chi connectivity index (χ4n) is 3.64. The summed E-state index contributed by atoms with van der Waals surface area (Å²) < 4.78 is 10.8. The first-order valence-corrected chi connectivity index (χ1v) is 9.93. The standard InChI is InChI=1S/C25H21NO6/c1-2-13-31-19-11-7-17(8-12-19)23(28)21-22(16-5-9-18(27)10-6-16)26(25(30)24(21)29)15-20-4-3-14-32-20/h2-12,14,22,27-28H,1,13,15H2. The van der Waals surface area contributed by atoms with Gasteiger partial charge in [-0.1, -0.05) is 24.8 Å². The number of hydrogen-bond acceptors (Lipinski definition) is 6. The van der Waals surface area contributed by atoms with Crippen LogP contribution in [0.15, 0.2) is 89.6 Å². The third kappa shape index (κ3) is 4.00. The maximum atomic E-state index is 13.0. The van der Waals surface area contributed by atoms with Crippen LogP contribution in [0.1, 0.15) is 22.9 Å². The van der Waals surface area contributed by atoms with E-state index in [1.807, 2.05) is 0 Å². The molecule has 162 valence electrons. The fourth-order valence-corrected chi connectivity index (χ4v) is 3.64. The number of likely N-dealkylation sites (tertiary alicyclic amines) is 1. The van der Waals surface area contributed by atoms with E-state index in [9.17, 15) is 19.8 Å². The van der Waals surface area contributed by atoms with Gasteiger partial charge in [-0.3, -0.25) is 9.59 Å². The third-order valence-corrected chi connectivity index (χ3v) is 5.15. The number of phenols is 1. The van der Waals surface area contributed by atoms with Crippen LogP contribution in [0.5, 0.6) is 11.5 Å². The zero-order chi connectivity index (χ0) is 22.7. The summed E-state index contributed by atoms with van der Waals surface area (Å²) in [5, 5.41) is 20.7. The smallest absolute Gasteiger partial charge is 0.296 e. The number of phenolic OH excluding ortho intramolecular Hbond substituents is 1. The average Bonchev–Trinajstić information content (AvgIpc) is 3.41. The van der Waals surface area contributed by atoms with Crippen LogP contribution >= 0.6 is 0 Å². The number of aliphatic hydroxyl groups excluding tert-OH is 1. The molecule has 3 aromatic rings. The van der Waals surface area contributed by atoms with Crippen molar-refractivity contribution in [1.82, 2.24) is 4.90 Å². The van der Waals surface area contributed by atoms with Crippen LogP contribution in [-0.2, 0) is 16.1 Å². The first-order chi connectivity index (χ1) is 15.5. The van der Waals surface area contributed by atoms with E-state index in [1.54, 1.807) is 54.6 Å². The molecule has 1 saturated heterocycles. The summed E-state index contributed by atoms with van der Waals surface area (Å²) in [5.41, 5.74) is 0.906. The van der Waals surface area contributed by atoms with Gasteiger partial charge in [0.15, 0.2) is 0 Å². The Kier molecular flexibility index (Phi) is 5.81. The van der Waals surface area contributed by atoms with E-state index in [-0.39, 0.29) is 23.6 Å². The van der Waals surface area contributed by atoms with Crippen LogP contribution in [0.25, 0.3) is 5.76 Å². The van der Waals surface area contributed by atoms with E-state index in [1.165, 1.54) is 23.3 Å². The number of hydrogen-bond donors (Lipinski definition) is 2. The monoisotopic (exact) mass is 431 g/mol. The van der Waals surface area contributed by atoms with Gasteiger partial charge in [0, 0.05) is 5.56 Å². The van der Waals surface area contributed by atoms with Gasteiger partial charge < -0.3 is 24.3 Å². The molecule has 1 aliphatic rings. The summed E-state index contributed by atoms with van der Waals surface area (Å²) >= 11 is 0. The maximum absolute atomic E-state index is 13.0. The predicted molar refractivity (Wildman–Crippen MR) is 117 cm³/mol. The van der Waals surface area contributed by atoms with Gasteiger partial charge in [0.25, 0.3) is 11.7 Å². The topological polar surface area (TPSA) is 100 Å². The van der Waals surface area contributed by atoms with Gasteiger partial charge in [0.05, 0.1) is 24.4 Å². The highest BCUT2D eigenvalue weighted by molar-refractivity contribution is 6.46. The van der Waals surface area contributed by atoms with Crippen molar-refractivity contribution in [2.24, 2.45) is 0 Å². The average molecular weight is 431 g/mol. The molecular formula is C25H21NO6. The normalized spacial score (nSPS) is 17.5. The van der Waals surface area contributed by atoms with Gasteiger partial charge in [-0.05, 0) is 54.1 Å². The molecule has 0 spiro atoms. The lowest BCUT2D eigenvalue weighted by molar-refractivity contribution is -0.140. The molecular weight excluding hydrogens is 410 g/mol. The molecule has 1 amide bonds. The van der Waals surface area contributed by atoms with Crippen LogP contribution < -0.4 is 4.74 Å². The number of benzene rings is 2. The molecule has 7 nitrogen and oxygen atoms in total. The fraction of sp³-hybridized carbons (Fsp3) is 0.120. The van der Waals surface area contributed by atoms with Crippen LogP contribution in [0.3, 0.4) is 0 Å². The zero-order valence-corrected chi connectivity index (χ0v) is 17.1. The lowest BCUT2D eigenvalue weighted by Gasteiger charge is -2.24.